The fraction of sp³-hybridized carbons (Fsp3) is 0.238. The predicted octanol–water partition coefficient (Wildman–Crippen LogP) is 4.65. The molecule has 0 saturated carbocycles. The number of nitrogens with zero attached hydrogens (tertiary/aromatic N) is 1. The highest BCUT2D eigenvalue weighted by Gasteiger charge is 2.41. The SMILES string of the molecule is CCCOc1ccccc1N1C(=O)C(SCC)=C(c2ccc(F)cc2)C1=O. The fourth-order valence-corrected chi connectivity index (χ4v) is 3.71. The Morgan fingerprint density at radius 2 is 1.70 bits per heavy atom. The highest BCUT2D eigenvalue weighted by atomic mass is 32.2. The maximum atomic E-state index is 13.3. The highest BCUT2D eigenvalue weighted by Crippen LogP contribution is 2.41. The Bertz CT molecular complexity index is 893. The summed E-state index contributed by atoms with van der Waals surface area (Å²) >= 11 is 1.31. The van der Waals surface area contributed by atoms with Crippen LogP contribution in [0.1, 0.15) is 25.8 Å². The summed E-state index contributed by atoms with van der Waals surface area (Å²) in [6, 6.07) is 12.6. The highest BCUT2D eigenvalue weighted by molar-refractivity contribution is 8.04. The number of halogens is 1. The molecule has 27 heavy (non-hydrogen) atoms. The molecule has 6 heteroatoms. The van der Waals surface area contributed by atoms with E-state index in [-0.39, 0.29) is 5.91 Å². The number of amides is 2. The number of thioether (sulfide) groups is 1. The molecule has 3 rings (SSSR count). The lowest BCUT2D eigenvalue weighted by Gasteiger charge is -2.19. The third-order valence-corrected chi connectivity index (χ3v) is 4.99. The fourth-order valence-electron chi connectivity index (χ4n) is 2.85. The van der Waals surface area contributed by atoms with E-state index in [1.165, 1.54) is 36.0 Å². The lowest BCUT2D eigenvalue weighted by atomic mass is 10.1. The number of imide groups is 1. The molecule has 0 radical (unpaired) electrons. The molecule has 0 atom stereocenters. The lowest BCUT2D eigenvalue weighted by Crippen LogP contribution is -2.31. The first-order chi connectivity index (χ1) is 13.1. The molecule has 2 aromatic carbocycles. The van der Waals surface area contributed by atoms with Gasteiger partial charge in [0.1, 0.15) is 11.6 Å². The molecule has 1 heterocycles. The summed E-state index contributed by atoms with van der Waals surface area (Å²) in [5.74, 6) is -0.0620. The third-order valence-electron chi connectivity index (χ3n) is 4.03. The van der Waals surface area contributed by atoms with E-state index in [0.29, 0.717) is 39.8 Å². The van der Waals surface area contributed by atoms with Gasteiger partial charge >= 0.3 is 0 Å². The number of para-hydroxylation sites is 2. The van der Waals surface area contributed by atoms with Gasteiger partial charge in [0.15, 0.2) is 0 Å². The molecule has 2 amide bonds. The third kappa shape index (κ3) is 3.76. The van der Waals surface area contributed by atoms with E-state index >= 15 is 0 Å². The van der Waals surface area contributed by atoms with Crippen LogP contribution in [0.4, 0.5) is 10.1 Å². The van der Waals surface area contributed by atoms with Gasteiger partial charge in [-0.2, -0.15) is 0 Å². The van der Waals surface area contributed by atoms with E-state index in [2.05, 4.69) is 0 Å². The van der Waals surface area contributed by atoms with Crippen molar-refractivity contribution in [3.63, 3.8) is 0 Å². The Labute approximate surface area is 162 Å². The van der Waals surface area contributed by atoms with Crippen LogP contribution in [0.2, 0.25) is 0 Å². The molecule has 0 fully saturated rings. The van der Waals surface area contributed by atoms with Gasteiger partial charge in [-0.3, -0.25) is 9.59 Å². The minimum Gasteiger partial charge on any atom is -0.491 e. The zero-order valence-electron chi connectivity index (χ0n) is 15.2. The van der Waals surface area contributed by atoms with Crippen molar-refractivity contribution in [1.29, 1.82) is 0 Å². The van der Waals surface area contributed by atoms with E-state index in [0.717, 1.165) is 11.3 Å². The molecule has 1 aliphatic rings. The molecular weight excluding hydrogens is 365 g/mol. The lowest BCUT2D eigenvalue weighted by molar-refractivity contribution is -0.119. The largest absolute Gasteiger partial charge is 0.491 e. The van der Waals surface area contributed by atoms with Crippen LogP contribution < -0.4 is 9.64 Å². The Morgan fingerprint density at radius 3 is 2.37 bits per heavy atom. The number of rotatable bonds is 7. The van der Waals surface area contributed by atoms with Crippen molar-refractivity contribution in [2.45, 2.75) is 20.3 Å². The van der Waals surface area contributed by atoms with Crippen LogP contribution >= 0.6 is 11.8 Å². The summed E-state index contributed by atoms with van der Waals surface area (Å²) in [6.07, 6.45) is 0.812. The average Bonchev–Trinajstić information content (AvgIpc) is 2.91. The van der Waals surface area contributed by atoms with Crippen LogP contribution in [0, 0.1) is 5.82 Å². The zero-order chi connectivity index (χ0) is 19.4. The first-order valence-electron chi connectivity index (χ1n) is 8.82. The Kier molecular flexibility index (Phi) is 5.96. The molecule has 0 aliphatic carbocycles. The van der Waals surface area contributed by atoms with Crippen molar-refractivity contribution >= 4 is 34.8 Å². The Morgan fingerprint density at radius 1 is 1.00 bits per heavy atom. The van der Waals surface area contributed by atoms with E-state index < -0.39 is 11.7 Å². The van der Waals surface area contributed by atoms with Crippen LogP contribution in [-0.4, -0.2) is 24.2 Å². The average molecular weight is 385 g/mol. The van der Waals surface area contributed by atoms with Crippen LogP contribution in [0.15, 0.2) is 53.4 Å². The molecule has 0 bridgehead atoms. The molecule has 0 N–H and O–H groups in total. The second kappa shape index (κ2) is 8.39. The van der Waals surface area contributed by atoms with Gasteiger partial charge in [0.05, 0.1) is 22.8 Å². The maximum absolute atomic E-state index is 13.3. The summed E-state index contributed by atoms with van der Waals surface area (Å²) in [5, 5.41) is 0. The van der Waals surface area contributed by atoms with Gasteiger partial charge < -0.3 is 4.74 Å². The minimum absolute atomic E-state index is 0.303. The van der Waals surface area contributed by atoms with Crippen LogP contribution in [-0.2, 0) is 9.59 Å². The number of ether oxygens (including phenoxy) is 1. The van der Waals surface area contributed by atoms with Crippen molar-refractivity contribution in [2.75, 3.05) is 17.3 Å². The van der Waals surface area contributed by atoms with Gasteiger partial charge in [0, 0.05) is 0 Å². The Balaban J connectivity index is 2.06. The summed E-state index contributed by atoms with van der Waals surface area (Å²) in [6.45, 7) is 4.39. The van der Waals surface area contributed by atoms with Gasteiger partial charge in [0.25, 0.3) is 11.8 Å². The van der Waals surface area contributed by atoms with Crippen molar-refractivity contribution in [1.82, 2.24) is 0 Å². The first kappa shape index (κ1) is 19.2. The predicted molar refractivity (Wildman–Crippen MR) is 106 cm³/mol. The number of benzene rings is 2. The number of carbonyl (C=O) groups is 2. The van der Waals surface area contributed by atoms with Crippen LogP contribution in [0.25, 0.3) is 5.57 Å². The van der Waals surface area contributed by atoms with Crippen molar-refractivity contribution in [2.24, 2.45) is 0 Å². The van der Waals surface area contributed by atoms with Gasteiger partial charge in [-0.1, -0.05) is 38.1 Å². The topological polar surface area (TPSA) is 46.6 Å². The standard InChI is InChI=1S/C21H20FNO3S/c1-3-13-26-17-8-6-5-7-16(17)23-20(24)18(19(21(23)25)27-4-2)14-9-11-15(22)12-10-14/h5-12H,3-4,13H2,1-2H3. The number of carbonyl (C=O) groups excluding carboxylic acids is 2. The van der Waals surface area contributed by atoms with Crippen LogP contribution in [0.3, 0.4) is 0 Å². The minimum atomic E-state index is -0.421. The number of anilines is 1. The molecule has 4 nitrogen and oxygen atoms in total. The molecule has 140 valence electrons. The normalized spacial score (nSPS) is 14.3. The van der Waals surface area contributed by atoms with Crippen molar-refractivity contribution in [3.05, 3.63) is 64.8 Å². The zero-order valence-corrected chi connectivity index (χ0v) is 16.0. The molecule has 0 saturated heterocycles. The van der Waals surface area contributed by atoms with Crippen molar-refractivity contribution < 1.29 is 18.7 Å². The quantitative estimate of drug-likeness (QED) is 0.651. The summed E-state index contributed by atoms with van der Waals surface area (Å²) in [4.78, 5) is 27.8. The van der Waals surface area contributed by atoms with Crippen LogP contribution in [0.5, 0.6) is 5.75 Å². The summed E-state index contributed by atoms with van der Waals surface area (Å²) in [7, 11) is 0. The number of hydrogen-bond donors (Lipinski definition) is 0. The smallest absolute Gasteiger partial charge is 0.272 e. The van der Waals surface area contributed by atoms with Gasteiger partial charge in [-0.25, -0.2) is 9.29 Å². The van der Waals surface area contributed by atoms with Gasteiger partial charge in [0.2, 0.25) is 0 Å². The van der Waals surface area contributed by atoms with Gasteiger partial charge in [-0.15, -0.1) is 11.8 Å². The van der Waals surface area contributed by atoms with E-state index in [9.17, 15) is 14.0 Å². The molecule has 1 aliphatic heterocycles. The Hall–Kier alpha value is -2.60. The maximum Gasteiger partial charge on any atom is 0.272 e. The molecule has 0 spiro atoms. The number of hydrogen-bond acceptors (Lipinski definition) is 4. The second-order valence-electron chi connectivity index (χ2n) is 5.91. The van der Waals surface area contributed by atoms with Crippen molar-refractivity contribution in [3.8, 4) is 5.75 Å². The molecular formula is C21H20FNO3S. The first-order valence-corrected chi connectivity index (χ1v) is 9.80. The molecule has 2 aromatic rings. The molecule has 0 aromatic heterocycles. The monoisotopic (exact) mass is 385 g/mol. The molecule has 0 unspecified atom stereocenters. The summed E-state index contributed by atoms with van der Waals surface area (Å²) in [5.41, 5.74) is 1.25. The van der Waals surface area contributed by atoms with E-state index in [4.69, 9.17) is 4.74 Å². The second-order valence-corrected chi connectivity index (χ2v) is 7.18. The van der Waals surface area contributed by atoms with E-state index in [1.54, 1.807) is 24.3 Å². The van der Waals surface area contributed by atoms with E-state index in [1.807, 2.05) is 13.8 Å². The summed E-state index contributed by atoms with van der Waals surface area (Å²) < 4.78 is 19.0. The van der Waals surface area contributed by atoms with Gasteiger partial charge in [-0.05, 0) is 42.0 Å².